The molecule has 7 atom stereocenters. The fraction of sp³-hybridized carbons (Fsp3) is 0.657. The van der Waals surface area contributed by atoms with Crippen LogP contribution in [0.1, 0.15) is 91.9 Å². The second-order valence-electron chi connectivity index (χ2n) is 12.7. The normalized spacial score (nSPS) is 29.4. The molecule has 0 saturated carbocycles. The summed E-state index contributed by atoms with van der Waals surface area (Å²) >= 11 is 0. The first-order valence-corrected chi connectivity index (χ1v) is 15.6. The average Bonchev–Trinajstić information content (AvgIpc) is 2.96. The van der Waals surface area contributed by atoms with Crippen LogP contribution in [-0.4, -0.2) is 59.8 Å². The van der Waals surface area contributed by atoms with Crippen molar-refractivity contribution in [2.45, 2.75) is 117 Å². The van der Waals surface area contributed by atoms with Crippen molar-refractivity contribution in [3.8, 4) is 0 Å². The van der Waals surface area contributed by atoms with E-state index in [1.54, 1.807) is 13.0 Å². The standard InChI is InChI=1S/C35H52O7/c1-22(2)27-15-13-26(14-16-27)11-7-9-24(5)20-40-35-33(38)32(37)31(21-41-35)42-34(39)25(6)10-8-12-28-17-18-29(23(3)4)19-30(28)36/h10,13,17,24,27,29,31-33,35,37-38H,1,3,7-9,11-12,14-16,18-21H2,2,4-6H3. The molecule has 1 fully saturated rings. The van der Waals surface area contributed by atoms with E-state index in [9.17, 15) is 19.8 Å². The Morgan fingerprint density at radius 1 is 1.10 bits per heavy atom. The molecule has 0 spiro atoms. The Balaban J connectivity index is 1.35. The van der Waals surface area contributed by atoms with Crippen molar-refractivity contribution < 1.29 is 34.0 Å². The Morgan fingerprint density at radius 3 is 2.45 bits per heavy atom. The number of Topliss-reactive ketones (excluding diaryl/α,β-unsaturated/α-hetero) is 1. The monoisotopic (exact) mass is 584 g/mol. The average molecular weight is 585 g/mol. The third-order valence-corrected chi connectivity index (χ3v) is 8.96. The molecule has 2 aliphatic carbocycles. The number of allylic oxidation sites excluding steroid dienone is 7. The van der Waals surface area contributed by atoms with Gasteiger partial charge in [0, 0.05) is 12.0 Å². The van der Waals surface area contributed by atoms with Gasteiger partial charge in [-0.25, -0.2) is 4.79 Å². The van der Waals surface area contributed by atoms with Crippen LogP contribution in [0, 0.1) is 17.8 Å². The summed E-state index contributed by atoms with van der Waals surface area (Å²) in [5.74, 6) is 0.671. The van der Waals surface area contributed by atoms with Crippen LogP contribution in [0.4, 0.5) is 0 Å². The van der Waals surface area contributed by atoms with Gasteiger partial charge in [-0.05, 0) is 102 Å². The zero-order valence-electron chi connectivity index (χ0n) is 26.1. The molecule has 0 aromatic heterocycles. The molecule has 3 aliphatic rings. The van der Waals surface area contributed by atoms with Crippen LogP contribution in [0.2, 0.25) is 0 Å². The van der Waals surface area contributed by atoms with Gasteiger partial charge in [-0.1, -0.05) is 55.0 Å². The van der Waals surface area contributed by atoms with Gasteiger partial charge in [-0.15, -0.1) is 0 Å². The minimum absolute atomic E-state index is 0.0686. The number of hydrogen-bond donors (Lipinski definition) is 2. The molecule has 0 amide bonds. The molecule has 0 radical (unpaired) electrons. The van der Waals surface area contributed by atoms with E-state index in [0.717, 1.165) is 49.7 Å². The van der Waals surface area contributed by atoms with Crippen LogP contribution in [0.3, 0.4) is 0 Å². The van der Waals surface area contributed by atoms with E-state index in [1.807, 2.05) is 13.0 Å². The van der Waals surface area contributed by atoms with E-state index < -0.39 is 30.6 Å². The predicted octanol–water partition coefficient (Wildman–Crippen LogP) is 6.31. The van der Waals surface area contributed by atoms with E-state index in [2.05, 4.69) is 33.1 Å². The number of ether oxygens (including phenoxy) is 3. The van der Waals surface area contributed by atoms with Gasteiger partial charge in [0.25, 0.3) is 0 Å². The zero-order chi connectivity index (χ0) is 30.8. The minimum atomic E-state index is -1.33. The third-order valence-electron chi connectivity index (χ3n) is 8.96. The lowest BCUT2D eigenvalue weighted by Crippen LogP contribution is -2.55. The topological polar surface area (TPSA) is 102 Å². The summed E-state index contributed by atoms with van der Waals surface area (Å²) < 4.78 is 16.9. The van der Waals surface area contributed by atoms with Gasteiger partial charge in [-0.3, -0.25) is 4.79 Å². The SMILES string of the molecule is C=C(C)C1CC=C(CCCC(C)COC2OCC(OC(=O)C(C)=CCCC3=CCC(C(=C)C)CC3=O)C(O)C2O)CC1. The van der Waals surface area contributed by atoms with Gasteiger partial charge in [0.05, 0.1) is 13.2 Å². The maximum atomic E-state index is 12.6. The summed E-state index contributed by atoms with van der Waals surface area (Å²) in [6.07, 6.45) is 10.5. The van der Waals surface area contributed by atoms with Gasteiger partial charge in [0.1, 0.15) is 12.2 Å². The Bertz CT molecular complexity index is 1070. The quantitative estimate of drug-likeness (QED) is 0.140. The maximum absolute atomic E-state index is 12.6. The number of esters is 1. The second kappa shape index (κ2) is 16.5. The smallest absolute Gasteiger partial charge is 0.333 e. The van der Waals surface area contributed by atoms with Crippen molar-refractivity contribution in [2.24, 2.45) is 17.8 Å². The lowest BCUT2D eigenvalue weighted by molar-refractivity contribution is -0.275. The van der Waals surface area contributed by atoms with Crippen molar-refractivity contribution in [1.82, 2.24) is 0 Å². The third kappa shape index (κ3) is 10.1. The van der Waals surface area contributed by atoms with Gasteiger partial charge in [0.2, 0.25) is 0 Å². The van der Waals surface area contributed by atoms with Gasteiger partial charge in [-0.2, -0.15) is 0 Å². The van der Waals surface area contributed by atoms with Crippen molar-refractivity contribution in [1.29, 1.82) is 0 Å². The van der Waals surface area contributed by atoms with Gasteiger partial charge < -0.3 is 24.4 Å². The van der Waals surface area contributed by atoms with E-state index in [0.29, 0.717) is 37.4 Å². The van der Waals surface area contributed by atoms with Crippen molar-refractivity contribution in [3.63, 3.8) is 0 Å². The number of carbonyl (C=O) groups is 2. The summed E-state index contributed by atoms with van der Waals surface area (Å²) in [7, 11) is 0. The minimum Gasteiger partial charge on any atom is -0.454 e. The first-order valence-electron chi connectivity index (χ1n) is 15.6. The Morgan fingerprint density at radius 2 is 1.81 bits per heavy atom. The predicted molar refractivity (Wildman–Crippen MR) is 164 cm³/mol. The molecular weight excluding hydrogens is 532 g/mol. The molecular formula is C35H52O7. The Labute approximate surface area is 252 Å². The molecule has 42 heavy (non-hydrogen) atoms. The molecule has 0 aromatic carbocycles. The van der Waals surface area contributed by atoms with Gasteiger partial charge >= 0.3 is 5.97 Å². The molecule has 234 valence electrons. The summed E-state index contributed by atoms with van der Waals surface area (Å²) in [6, 6.07) is 0. The molecule has 1 saturated heterocycles. The molecule has 7 unspecified atom stereocenters. The van der Waals surface area contributed by atoms with E-state index in [4.69, 9.17) is 14.2 Å². The Hall–Kier alpha value is -2.32. The van der Waals surface area contributed by atoms with Crippen molar-refractivity contribution >= 4 is 11.8 Å². The van der Waals surface area contributed by atoms with Gasteiger partial charge in [0.15, 0.2) is 18.2 Å². The highest BCUT2D eigenvalue weighted by Crippen LogP contribution is 2.31. The van der Waals surface area contributed by atoms with Crippen LogP contribution in [0.15, 0.2) is 59.3 Å². The summed E-state index contributed by atoms with van der Waals surface area (Å²) in [5.41, 5.74) is 5.02. The second-order valence-corrected chi connectivity index (χ2v) is 12.7. The number of ketones is 1. The summed E-state index contributed by atoms with van der Waals surface area (Å²) in [6.45, 7) is 16.2. The number of aliphatic hydroxyl groups excluding tert-OH is 2. The highest BCUT2D eigenvalue weighted by molar-refractivity contribution is 5.96. The fourth-order valence-corrected chi connectivity index (χ4v) is 5.81. The highest BCUT2D eigenvalue weighted by Gasteiger charge is 2.41. The molecule has 7 heteroatoms. The lowest BCUT2D eigenvalue weighted by Gasteiger charge is -2.37. The first-order chi connectivity index (χ1) is 20.0. The number of carbonyl (C=O) groups excluding carboxylic acids is 2. The zero-order valence-corrected chi connectivity index (χ0v) is 26.1. The molecule has 0 bridgehead atoms. The van der Waals surface area contributed by atoms with Crippen LogP contribution in [-0.2, 0) is 23.8 Å². The molecule has 7 nitrogen and oxygen atoms in total. The highest BCUT2D eigenvalue weighted by atomic mass is 16.7. The molecule has 0 aromatic rings. The number of rotatable bonds is 14. The van der Waals surface area contributed by atoms with Crippen molar-refractivity contribution in [2.75, 3.05) is 13.2 Å². The fourth-order valence-electron chi connectivity index (χ4n) is 5.81. The van der Waals surface area contributed by atoms with Crippen LogP contribution < -0.4 is 0 Å². The van der Waals surface area contributed by atoms with Crippen LogP contribution in [0.5, 0.6) is 0 Å². The molecule has 2 N–H and O–H groups in total. The van der Waals surface area contributed by atoms with Crippen LogP contribution in [0.25, 0.3) is 0 Å². The molecule has 1 heterocycles. The Kier molecular flexibility index (Phi) is 13.4. The van der Waals surface area contributed by atoms with E-state index >= 15 is 0 Å². The number of hydrogen-bond acceptors (Lipinski definition) is 7. The molecule has 3 rings (SSSR count). The lowest BCUT2D eigenvalue weighted by atomic mass is 9.83. The molecule has 1 aliphatic heterocycles. The summed E-state index contributed by atoms with van der Waals surface area (Å²) in [5, 5.41) is 21.2. The number of aliphatic hydroxyl groups is 2. The van der Waals surface area contributed by atoms with E-state index in [-0.39, 0.29) is 24.2 Å². The van der Waals surface area contributed by atoms with E-state index in [1.165, 1.54) is 17.6 Å². The maximum Gasteiger partial charge on any atom is 0.333 e. The first kappa shape index (κ1) is 34.2. The van der Waals surface area contributed by atoms with Crippen LogP contribution >= 0.6 is 0 Å². The largest absolute Gasteiger partial charge is 0.454 e. The van der Waals surface area contributed by atoms with Crippen molar-refractivity contribution in [3.05, 3.63) is 59.3 Å². The summed E-state index contributed by atoms with van der Waals surface area (Å²) in [4.78, 5) is 25.0.